The number of amides is 3. The van der Waals surface area contributed by atoms with Crippen molar-refractivity contribution in [3.63, 3.8) is 0 Å². The van der Waals surface area contributed by atoms with E-state index < -0.39 is 11.8 Å². The molecule has 3 aromatic rings. The number of hydrazine groups is 1. The van der Waals surface area contributed by atoms with Crippen molar-refractivity contribution in [1.82, 2.24) is 5.43 Å². The Balaban J connectivity index is 1.60. The summed E-state index contributed by atoms with van der Waals surface area (Å²) in [5, 5.41) is 3.99. The van der Waals surface area contributed by atoms with E-state index in [9.17, 15) is 14.4 Å². The normalized spacial score (nSPS) is 13.9. The van der Waals surface area contributed by atoms with Crippen LogP contribution in [0.25, 0.3) is 6.08 Å². The predicted molar refractivity (Wildman–Crippen MR) is 142 cm³/mol. The van der Waals surface area contributed by atoms with E-state index in [2.05, 4.69) is 17.3 Å². The van der Waals surface area contributed by atoms with Crippen LogP contribution in [0, 0.1) is 0 Å². The van der Waals surface area contributed by atoms with Crippen molar-refractivity contribution in [2.45, 2.75) is 13.3 Å². The number of benzene rings is 3. The van der Waals surface area contributed by atoms with Gasteiger partial charge in [-0.3, -0.25) is 19.8 Å². The Hall–Kier alpha value is -4.85. The molecular formula is C29H27N3O5. The number of allylic oxidation sites excluding steroid dienone is 1. The summed E-state index contributed by atoms with van der Waals surface area (Å²) in [6.45, 7) is 5.76. The molecule has 4 rings (SSSR count). The van der Waals surface area contributed by atoms with Crippen LogP contribution in [0.4, 0.5) is 11.4 Å². The number of carbonyl (C=O) groups is 3. The van der Waals surface area contributed by atoms with Crippen LogP contribution in [0.1, 0.15) is 18.1 Å². The summed E-state index contributed by atoms with van der Waals surface area (Å²) in [5.41, 5.74) is 5.09. The van der Waals surface area contributed by atoms with Crippen molar-refractivity contribution in [2.24, 2.45) is 0 Å². The summed E-state index contributed by atoms with van der Waals surface area (Å²) in [7, 11) is 0. The highest BCUT2D eigenvalue weighted by atomic mass is 16.5. The first-order chi connectivity index (χ1) is 18.0. The van der Waals surface area contributed by atoms with E-state index >= 15 is 0 Å². The lowest BCUT2D eigenvalue weighted by Gasteiger charge is -2.17. The number of para-hydroxylation sites is 2. The second-order valence-electron chi connectivity index (χ2n) is 8.11. The summed E-state index contributed by atoms with van der Waals surface area (Å²) >= 11 is 0. The van der Waals surface area contributed by atoms with Crippen LogP contribution in [0.5, 0.6) is 11.5 Å². The van der Waals surface area contributed by atoms with Gasteiger partial charge in [0.05, 0.1) is 12.3 Å². The highest BCUT2D eigenvalue weighted by molar-refractivity contribution is 6.31. The van der Waals surface area contributed by atoms with E-state index in [1.54, 1.807) is 54.6 Å². The second kappa shape index (κ2) is 11.7. The Morgan fingerprint density at radius 3 is 2.41 bits per heavy atom. The maximum absolute atomic E-state index is 13.0. The van der Waals surface area contributed by atoms with Gasteiger partial charge in [0.15, 0.2) is 18.1 Å². The quantitative estimate of drug-likeness (QED) is 0.247. The molecule has 1 fully saturated rings. The molecule has 3 amide bonds. The zero-order valence-corrected chi connectivity index (χ0v) is 20.4. The Kier molecular flexibility index (Phi) is 8.00. The largest absolute Gasteiger partial charge is 0.490 e. The molecule has 3 aromatic carbocycles. The molecule has 0 atom stereocenters. The molecule has 0 spiro atoms. The van der Waals surface area contributed by atoms with Gasteiger partial charge in [-0.2, -0.15) is 0 Å². The lowest BCUT2D eigenvalue weighted by atomic mass is 10.0. The number of anilines is 2. The Morgan fingerprint density at radius 1 is 1.03 bits per heavy atom. The number of carbonyl (C=O) groups excluding carboxylic acids is 3. The fraction of sp³-hybridized carbons (Fsp3) is 0.138. The fourth-order valence-corrected chi connectivity index (χ4v) is 3.84. The summed E-state index contributed by atoms with van der Waals surface area (Å²) in [6, 6.07) is 21.4. The molecule has 37 heavy (non-hydrogen) atoms. The second-order valence-corrected chi connectivity index (χ2v) is 8.11. The minimum absolute atomic E-state index is 0.00763. The average molecular weight is 498 g/mol. The number of hydrogen-bond acceptors (Lipinski definition) is 5. The van der Waals surface area contributed by atoms with Crippen LogP contribution < -0.4 is 25.2 Å². The third-order valence-electron chi connectivity index (χ3n) is 5.44. The fourth-order valence-electron chi connectivity index (χ4n) is 3.84. The van der Waals surface area contributed by atoms with E-state index in [1.807, 2.05) is 31.2 Å². The van der Waals surface area contributed by atoms with Crippen molar-refractivity contribution in [2.75, 3.05) is 23.5 Å². The van der Waals surface area contributed by atoms with Gasteiger partial charge < -0.3 is 14.8 Å². The maximum atomic E-state index is 13.0. The monoisotopic (exact) mass is 497 g/mol. The lowest BCUT2D eigenvalue weighted by molar-refractivity contribution is -0.118. The van der Waals surface area contributed by atoms with Gasteiger partial charge in [0.2, 0.25) is 0 Å². The van der Waals surface area contributed by atoms with Crippen molar-refractivity contribution in [3.8, 4) is 11.5 Å². The first kappa shape index (κ1) is 25.2. The van der Waals surface area contributed by atoms with E-state index in [4.69, 9.17) is 9.47 Å². The van der Waals surface area contributed by atoms with Gasteiger partial charge in [0.25, 0.3) is 17.7 Å². The molecule has 1 saturated heterocycles. The maximum Gasteiger partial charge on any atom is 0.282 e. The molecular weight excluding hydrogens is 470 g/mol. The van der Waals surface area contributed by atoms with Crippen LogP contribution in [-0.4, -0.2) is 30.9 Å². The van der Waals surface area contributed by atoms with Crippen molar-refractivity contribution >= 4 is 35.2 Å². The SMILES string of the molecule is C=CCc1cc(C=C2C(=O)NN(c3ccccc3)C2=O)cc(OCC)c1OCC(=O)Nc1ccccc1. The predicted octanol–water partition coefficient (Wildman–Crippen LogP) is 4.29. The lowest BCUT2D eigenvalue weighted by Crippen LogP contribution is -2.35. The summed E-state index contributed by atoms with van der Waals surface area (Å²) < 4.78 is 11.7. The molecule has 0 saturated carbocycles. The molecule has 1 aliphatic rings. The smallest absolute Gasteiger partial charge is 0.282 e. The average Bonchev–Trinajstić information content (AvgIpc) is 3.18. The van der Waals surface area contributed by atoms with Gasteiger partial charge in [-0.05, 0) is 61.4 Å². The summed E-state index contributed by atoms with van der Waals surface area (Å²) in [4.78, 5) is 38.1. The topological polar surface area (TPSA) is 97.0 Å². The van der Waals surface area contributed by atoms with Crippen LogP contribution in [-0.2, 0) is 20.8 Å². The molecule has 188 valence electrons. The van der Waals surface area contributed by atoms with Crippen molar-refractivity contribution < 1.29 is 23.9 Å². The molecule has 8 nitrogen and oxygen atoms in total. The van der Waals surface area contributed by atoms with Crippen LogP contribution in [0.2, 0.25) is 0 Å². The Labute approximate surface area is 215 Å². The van der Waals surface area contributed by atoms with Crippen molar-refractivity contribution in [1.29, 1.82) is 0 Å². The molecule has 0 unspecified atom stereocenters. The van der Waals surface area contributed by atoms with Crippen LogP contribution >= 0.6 is 0 Å². The Bertz CT molecular complexity index is 1340. The highest BCUT2D eigenvalue weighted by Gasteiger charge is 2.34. The first-order valence-electron chi connectivity index (χ1n) is 11.8. The van der Waals surface area contributed by atoms with Gasteiger partial charge in [0.1, 0.15) is 5.57 Å². The van der Waals surface area contributed by atoms with Gasteiger partial charge in [-0.1, -0.05) is 42.5 Å². The van der Waals surface area contributed by atoms with Gasteiger partial charge >= 0.3 is 0 Å². The standard InChI is InChI=1S/C29H27N3O5/c1-3-11-21-16-20(17-24-28(34)31-32(29(24)35)23-14-9-6-10-15-23)18-25(36-4-2)27(21)37-19-26(33)30-22-12-7-5-8-13-22/h3,5-10,12-18H,1,4,11,19H2,2H3,(H,30,33)(H,31,34). The molecule has 0 bridgehead atoms. The number of nitrogens with one attached hydrogen (secondary N) is 2. The van der Waals surface area contributed by atoms with Crippen LogP contribution in [0.3, 0.4) is 0 Å². The van der Waals surface area contributed by atoms with Gasteiger partial charge in [-0.15, -0.1) is 6.58 Å². The molecule has 1 aliphatic heterocycles. The highest BCUT2D eigenvalue weighted by Crippen LogP contribution is 2.35. The van der Waals surface area contributed by atoms with Crippen LogP contribution in [0.15, 0.2) is 91.0 Å². The van der Waals surface area contributed by atoms with Gasteiger partial charge in [0, 0.05) is 11.3 Å². The number of rotatable bonds is 10. The minimum Gasteiger partial charge on any atom is -0.490 e. The van der Waals surface area contributed by atoms with E-state index in [1.165, 1.54) is 11.1 Å². The molecule has 2 N–H and O–H groups in total. The number of ether oxygens (including phenoxy) is 2. The third kappa shape index (κ3) is 6.05. The molecule has 8 heteroatoms. The first-order valence-corrected chi connectivity index (χ1v) is 11.8. The molecule has 0 aromatic heterocycles. The molecule has 0 radical (unpaired) electrons. The van der Waals surface area contributed by atoms with E-state index in [-0.39, 0.29) is 18.1 Å². The summed E-state index contributed by atoms with van der Waals surface area (Å²) in [6.07, 6.45) is 3.63. The zero-order valence-electron chi connectivity index (χ0n) is 20.4. The van der Waals surface area contributed by atoms with E-state index in [0.717, 1.165) is 0 Å². The summed E-state index contributed by atoms with van der Waals surface area (Å²) in [5.74, 6) is -0.488. The number of nitrogens with zero attached hydrogens (tertiary/aromatic N) is 1. The molecule has 0 aliphatic carbocycles. The number of hydrogen-bond donors (Lipinski definition) is 2. The third-order valence-corrected chi connectivity index (χ3v) is 5.44. The van der Waals surface area contributed by atoms with E-state index in [0.29, 0.717) is 47.0 Å². The Morgan fingerprint density at radius 2 is 1.73 bits per heavy atom. The zero-order chi connectivity index (χ0) is 26.2. The molecule has 1 heterocycles. The van der Waals surface area contributed by atoms with Gasteiger partial charge in [-0.25, -0.2) is 5.01 Å². The van der Waals surface area contributed by atoms with Crippen molar-refractivity contribution in [3.05, 3.63) is 102 Å². The minimum atomic E-state index is -0.505.